The molecule has 1 rings (SSSR count). The SMILES string of the molecule is CC(C)(C)[Si](C)(C)OCCCc1cc(Cl)cc(C(F)(F)F)n1. The summed E-state index contributed by atoms with van der Waals surface area (Å²) in [5.74, 6) is 0. The van der Waals surface area contributed by atoms with E-state index in [0.29, 0.717) is 25.1 Å². The highest BCUT2D eigenvalue weighted by atomic mass is 35.5. The summed E-state index contributed by atoms with van der Waals surface area (Å²) in [6.45, 7) is 11.2. The molecule has 0 fully saturated rings. The molecule has 1 aromatic rings. The van der Waals surface area contributed by atoms with E-state index in [1.807, 2.05) is 0 Å². The van der Waals surface area contributed by atoms with Crippen molar-refractivity contribution in [1.29, 1.82) is 0 Å². The van der Waals surface area contributed by atoms with Crippen molar-refractivity contribution in [3.63, 3.8) is 0 Å². The highest BCUT2D eigenvalue weighted by molar-refractivity contribution is 6.74. The molecule has 0 saturated carbocycles. The zero-order chi connectivity index (χ0) is 17.2. The molecule has 126 valence electrons. The molecule has 0 bridgehead atoms. The van der Waals surface area contributed by atoms with E-state index in [-0.39, 0.29) is 10.1 Å². The molecule has 2 nitrogen and oxygen atoms in total. The Morgan fingerprint density at radius 3 is 2.27 bits per heavy atom. The zero-order valence-electron chi connectivity index (χ0n) is 13.6. The maximum Gasteiger partial charge on any atom is 0.433 e. The lowest BCUT2D eigenvalue weighted by Gasteiger charge is -2.36. The normalized spacial score (nSPS) is 13.5. The number of alkyl halides is 3. The lowest BCUT2D eigenvalue weighted by atomic mass is 10.2. The van der Waals surface area contributed by atoms with Crippen LogP contribution < -0.4 is 0 Å². The van der Waals surface area contributed by atoms with Crippen molar-refractivity contribution in [2.45, 2.75) is 57.9 Å². The van der Waals surface area contributed by atoms with E-state index in [4.69, 9.17) is 16.0 Å². The van der Waals surface area contributed by atoms with Crippen LogP contribution in [0.4, 0.5) is 13.2 Å². The Balaban J connectivity index is 2.61. The molecular weight excluding hydrogens is 331 g/mol. The quantitative estimate of drug-likeness (QED) is 0.499. The van der Waals surface area contributed by atoms with Gasteiger partial charge in [-0.2, -0.15) is 13.2 Å². The van der Waals surface area contributed by atoms with Gasteiger partial charge in [-0.05, 0) is 43.1 Å². The predicted octanol–water partition coefficient (Wildman–Crippen LogP) is 5.71. The average Bonchev–Trinajstić information content (AvgIpc) is 2.31. The molecular formula is C15H23ClF3NOSi. The molecule has 0 saturated heterocycles. The Labute approximate surface area is 136 Å². The molecule has 0 atom stereocenters. The summed E-state index contributed by atoms with van der Waals surface area (Å²) in [5.41, 5.74) is -0.598. The van der Waals surface area contributed by atoms with Crippen LogP contribution >= 0.6 is 11.6 Å². The van der Waals surface area contributed by atoms with Gasteiger partial charge in [0.15, 0.2) is 8.32 Å². The van der Waals surface area contributed by atoms with Crippen molar-refractivity contribution < 1.29 is 17.6 Å². The van der Waals surface area contributed by atoms with Gasteiger partial charge in [0, 0.05) is 17.3 Å². The fourth-order valence-corrected chi connectivity index (χ4v) is 2.94. The van der Waals surface area contributed by atoms with E-state index >= 15 is 0 Å². The van der Waals surface area contributed by atoms with E-state index in [9.17, 15) is 13.2 Å². The number of aryl methyl sites for hydroxylation is 1. The van der Waals surface area contributed by atoms with E-state index in [1.54, 1.807) is 0 Å². The Kier molecular flexibility index (Phi) is 6.09. The molecule has 1 heterocycles. The van der Waals surface area contributed by atoms with Crippen molar-refractivity contribution in [2.24, 2.45) is 0 Å². The highest BCUT2D eigenvalue weighted by Gasteiger charge is 2.37. The Morgan fingerprint density at radius 2 is 1.77 bits per heavy atom. The van der Waals surface area contributed by atoms with E-state index in [2.05, 4.69) is 38.8 Å². The van der Waals surface area contributed by atoms with Gasteiger partial charge in [-0.1, -0.05) is 32.4 Å². The monoisotopic (exact) mass is 353 g/mol. The van der Waals surface area contributed by atoms with E-state index < -0.39 is 20.2 Å². The third kappa shape index (κ3) is 5.55. The van der Waals surface area contributed by atoms with E-state index in [1.165, 1.54) is 6.07 Å². The van der Waals surface area contributed by atoms with Crippen molar-refractivity contribution in [2.75, 3.05) is 6.61 Å². The summed E-state index contributed by atoms with van der Waals surface area (Å²) in [4.78, 5) is 3.63. The molecule has 0 amide bonds. The van der Waals surface area contributed by atoms with Crippen molar-refractivity contribution >= 4 is 19.9 Å². The van der Waals surface area contributed by atoms with Gasteiger partial charge in [-0.15, -0.1) is 0 Å². The number of hydrogen-bond donors (Lipinski definition) is 0. The summed E-state index contributed by atoms with van der Waals surface area (Å²) in [6, 6.07) is 2.32. The second-order valence-electron chi connectivity index (χ2n) is 6.87. The third-order valence-electron chi connectivity index (χ3n) is 3.98. The molecule has 7 heteroatoms. The maximum absolute atomic E-state index is 12.7. The van der Waals surface area contributed by atoms with Crippen LogP contribution in [0, 0.1) is 0 Å². The minimum atomic E-state index is -4.47. The Morgan fingerprint density at radius 1 is 1.18 bits per heavy atom. The van der Waals surface area contributed by atoms with Crippen LogP contribution in [0.25, 0.3) is 0 Å². The van der Waals surface area contributed by atoms with Crippen LogP contribution in [0.1, 0.15) is 38.6 Å². The first-order valence-corrected chi connectivity index (χ1v) is 10.5. The first kappa shape index (κ1) is 19.5. The number of halogens is 4. The van der Waals surface area contributed by atoms with Crippen molar-refractivity contribution in [3.8, 4) is 0 Å². The number of pyridine rings is 1. The second-order valence-corrected chi connectivity index (χ2v) is 12.1. The van der Waals surface area contributed by atoms with Crippen LogP contribution in [0.2, 0.25) is 23.2 Å². The zero-order valence-corrected chi connectivity index (χ0v) is 15.4. The van der Waals surface area contributed by atoms with Gasteiger partial charge in [0.05, 0.1) is 0 Å². The third-order valence-corrected chi connectivity index (χ3v) is 8.74. The van der Waals surface area contributed by atoms with Crippen LogP contribution in [0.15, 0.2) is 12.1 Å². The smallest absolute Gasteiger partial charge is 0.417 e. The molecule has 0 radical (unpaired) electrons. The minimum absolute atomic E-state index is 0.0580. The van der Waals surface area contributed by atoms with Crippen LogP contribution in [-0.2, 0) is 17.0 Å². The number of rotatable bonds is 5. The summed E-state index contributed by atoms with van der Waals surface area (Å²) >= 11 is 5.74. The molecule has 0 aliphatic heterocycles. The van der Waals surface area contributed by atoms with Gasteiger partial charge in [-0.25, -0.2) is 4.98 Å². The Hall–Kier alpha value is -0.593. The van der Waals surface area contributed by atoms with Crippen molar-refractivity contribution in [3.05, 3.63) is 28.5 Å². The molecule has 0 spiro atoms. The first-order valence-electron chi connectivity index (χ1n) is 7.20. The summed E-state index contributed by atoms with van der Waals surface area (Å²) in [5, 5.41) is 0.174. The standard InChI is InChI=1S/C15H23ClF3NOSi/c1-14(2,3)22(4,5)21-8-6-7-12-9-11(16)10-13(20-12)15(17,18)19/h9-10H,6-8H2,1-5H3. The average molecular weight is 354 g/mol. The summed E-state index contributed by atoms with van der Waals surface area (Å²) < 4.78 is 44.0. The van der Waals surface area contributed by atoms with Crippen LogP contribution in [0.5, 0.6) is 0 Å². The topological polar surface area (TPSA) is 22.1 Å². The molecule has 0 N–H and O–H groups in total. The van der Waals surface area contributed by atoms with Gasteiger partial charge in [-0.3, -0.25) is 0 Å². The molecule has 0 aromatic carbocycles. The van der Waals surface area contributed by atoms with Gasteiger partial charge in [0.25, 0.3) is 0 Å². The first-order chi connectivity index (χ1) is 9.83. The fraction of sp³-hybridized carbons (Fsp3) is 0.667. The van der Waals surface area contributed by atoms with Gasteiger partial charge in [0.1, 0.15) is 5.69 Å². The van der Waals surface area contributed by atoms with E-state index in [0.717, 1.165) is 6.07 Å². The summed E-state index contributed by atoms with van der Waals surface area (Å²) in [7, 11) is -1.82. The lowest BCUT2D eigenvalue weighted by molar-refractivity contribution is -0.141. The summed E-state index contributed by atoms with van der Waals surface area (Å²) in [6.07, 6.45) is -3.44. The lowest BCUT2D eigenvalue weighted by Crippen LogP contribution is -2.41. The Bertz CT molecular complexity index is 512. The number of hydrogen-bond acceptors (Lipinski definition) is 2. The second kappa shape index (κ2) is 6.89. The molecule has 1 aromatic heterocycles. The molecule has 0 unspecified atom stereocenters. The van der Waals surface area contributed by atoms with Gasteiger partial charge in [0.2, 0.25) is 0 Å². The fourth-order valence-electron chi connectivity index (χ4n) is 1.62. The maximum atomic E-state index is 12.7. The molecule has 22 heavy (non-hydrogen) atoms. The minimum Gasteiger partial charge on any atom is -0.417 e. The van der Waals surface area contributed by atoms with Gasteiger partial charge < -0.3 is 4.43 Å². The largest absolute Gasteiger partial charge is 0.433 e. The number of nitrogens with zero attached hydrogens (tertiary/aromatic N) is 1. The molecule has 0 aliphatic carbocycles. The van der Waals surface area contributed by atoms with Crippen molar-refractivity contribution in [1.82, 2.24) is 4.98 Å². The van der Waals surface area contributed by atoms with Crippen LogP contribution in [-0.4, -0.2) is 19.9 Å². The highest BCUT2D eigenvalue weighted by Crippen LogP contribution is 2.36. The molecule has 0 aliphatic rings. The number of aromatic nitrogens is 1. The van der Waals surface area contributed by atoms with Crippen LogP contribution in [0.3, 0.4) is 0 Å². The van der Waals surface area contributed by atoms with Gasteiger partial charge >= 0.3 is 6.18 Å². The predicted molar refractivity (Wildman–Crippen MR) is 85.7 cm³/mol.